The topological polar surface area (TPSA) is 107 Å². The summed E-state index contributed by atoms with van der Waals surface area (Å²) in [5.41, 5.74) is 0.884. The van der Waals surface area contributed by atoms with E-state index in [0.717, 1.165) is 5.56 Å². The van der Waals surface area contributed by atoms with E-state index >= 15 is 0 Å². The Morgan fingerprint density at radius 1 is 0.897 bits per heavy atom. The van der Waals surface area contributed by atoms with Gasteiger partial charge in [-0.15, -0.1) is 0 Å². The number of benzene rings is 1. The lowest BCUT2D eigenvalue weighted by atomic mass is 9.98. The van der Waals surface area contributed by atoms with Gasteiger partial charge in [-0.3, -0.25) is 14.4 Å². The Kier molecular flexibility index (Phi) is 8.56. The number of carbonyl (C=O) groups is 3. The summed E-state index contributed by atoms with van der Waals surface area (Å²) in [6, 6.07) is 9.36. The summed E-state index contributed by atoms with van der Waals surface area (Å²) in [6.07, 6.45) is -4.83. The van der Waals surface area contributed by atoms with Crippen LogP contribution in [0.1, 0.15) is 26.3 Å². The summed E-state index contributed by atoms with van der Waals surface area (Å²) in [7, 11) is 1.41. The molecule has 160 valence electrons. The van der Waals surface area contributed by atoms with Gasteiger partial charge >= 0.3 is 17.9 Å². The van der Waals surface area contributed by atoms with Crippen molar-refractivity contribution in [2.24, 2.45) is 0 Å². The minimum atomic E-state index is -1.05. The highest BCUT2D eigenvalue weighted by molar-refractivity contribution is 5.67. The molecule has 9 nitrogen and oxygen atoms in total. The minimum Gasteiger partial charge on any atom is -0.463 e. The molecule has 0 radical (unpaired) electrons. The first-order valence-corrected chi connectivity index (χ1v) is 9.13. The third kappa shape index (κ3) is 6.81. The molecule has 1 aromatic rings. The van der Waals surface area contributed by atoms with Crippen LogP contribution in [0.25, 0.3) is 0 Å². The normalized spacial score (nSPS) is 26.4. The van der Waals surface area contributed by atoms with Crippen molar-refractivity contribution in [3.63, 3.8) is 0 Å². The number of methoxy groups -OCH3 is 1. The van der Waals surface area contributed by atoms with Crippen molar-refractivity contribution >= 4 is 17.9 Å². The second kappa shape index (κ2) is 10.9. The number of hydrogen-bond acceptors (Lipinski definition) is 9. The van der Waals surface area contributed by atoms with Crippen LogP contribution in [-0.4, -0.2) is 62.3 Å². The van der Waals surface area contributed by atoms with Crippen LogP contribution in [0.15, 0.2) is 30.3 Å². The number of esters is 3. The molecule has 0 spiro atoms. The predicted octanol–water partition coefficient (Wildman–Crippen LogP) is 1.37. The highest BCUT2D eigenvalue weighted by Gasteiger charge is 2.51. The Balaban J connectivity index is 2.28. The van der Waals surface area contributed by atoms with E-state index in [9.17, 15) is 14.4 Å². The Labute approximate surface area is 169 Å². The van der Waals surface area contributed by atoms with Crippen molar-refractivity contribution in [2.45, 2.75) is 58.1 Å². The largest absolute Gasteiger partial charge is 0.463 e. The molecule has 1 saturated heterocycles. The summed E-state index contributed by atoms with van der Waals surface area (Å²) in [5.74, 6) is -1.74. The van der Waals surface area contributed by atoms with Gasteiger partial charge in [0.15, 0.2) is 18.5 Å². The van der Waals surface area contributed by atoms with Crippen LogP contribution < -0.4 is 0 Å². The Morgan fingerprint density at radius 2 is 1.52 bits per heavy atom. The van der Waals surface area contributed by atoms with Gasteiger partial charge in [-0.05, 0) is 5.56 Å². The first kappa shape index (κ1) is 22.8. The van der Waals surface area contributed by atoms with E-state index in [1.807, 2.05) is 30.3 Å². The molecule has 2 rings (SSSR count). The highest BCUT2D eigenvalue weighted by atomic mass is 16.7. The van der Waals surface area contributed by atoms with E-state index < -0.39 is 48.6 Å². The van der Waals surface area contributed by atoms with Gasteiger partial charge in [0.05, 0.1) is 6.61 Å². The molecule has 0 aliphatic carbocycles. The zero-order valence-electron chi connectivity index (χ0n) is 16.9. The summed E-state index contributed by atoms with van der Waals surface area (Å²) < 4.78 is 32.9. The maximum atomic E-state index is 11.7. The van der Waals surface area contributed by atoms with E-state index in [0.29, 0.717) is 0 Å². The van der Waals surface area contributed by atoms with Gasteiger partial charge in [0.2, 0.25) is 0 Å². The molecule has 9 heteroatoms. The van der Waals surface area contributed by atoms with Crippen LogP contribution in [0.5, 0.6) is 0 Å². The summed E-state index contributed by atoms with van der Waals surface area (Å²) in [5, 5.41) is 0. The second-order valence-corrected chi connectivity index (χ2v) is 6.49. The lowest BCUT2D eigenvalue weighted by Gasteiger charge is -2.44. The van der Waals surface area contributed by atoms with Crippen LogP contribution in [0.3, 0.4) is 0 Å². The van der Waals surface area contributed by atoms with Crippen molar-refractivity contribution in [2.75, 3.05) is 13.7 Å². The minimum absolute atomic E-state index is 0.188. The highest BCUT2D eigenvalue weighted by Crippen LogP contribution is 2.30. The van der Waals surface area contributed by atoms with Gasteiger partial charge in [-0.2, -0.15) is 0 Å². The Hall–Kier alpha value is -2.49. The Bertz CT molecular complexity index is 690. The third-order valence-corrected chi connectivity index (χ3v) is 4.16. The third-order valence-electron chi connectivity index (χ3n) is 4.16. The first-order chi connectivity index (χ1) is 13.8. The van der Waals surface area contributed by atoms with Crippen LogP contribution in [0.2, 0.25) is 0 Å². The molecule has 5 atom stereocenters. The zero-order chi connectivity index (χ0) is 21.4. The standard InChI is InChI=1S/C20H26O9/c1-12(21)25-11-16-17(27-13(2)22)18(28-14(3)23)19(20(24-4)29-16)26-10-15-8-6-5-7-9-15/h5-9,16-20H,10-11H2,1-4H3. The van der Waals surface area contributed by atoms with E-state index in [1.165, 1.54) is 27.9 Å². The van der Waals surface area contributed by atoms with Gasteiger partial charge in [-0.1, -0.05) is 30.3 Å². The number of rotatable bonds is 8. The van der Waals surface area contributed by atoms with E-state index in [1.54, 1.807) is 0 Å². The maximum Gasteiger partial charge on any atom is 0.303 e. The maximum absolute atomic E-state index is 11.7. The van der Waals surface area contributed by atoms with E-state index in [4.69, 9.17) is 28.4 Å². The Morgan fingerprint density at radius 3 is 2.07 bits per heavy atom. The van der Waals surface area contributed by atoms with Crippen molar-refractivity contribution in [3.05, 3.63) is 35.9 Å². The monoisotopic (exact) mass is 410 g/mol. The fourth-order valence-electron chi connectivity index (χ4n) is 3.00. The SMILES string of the molecule is COC1OC(COC(C)=O)C(OC(C)=O)C(OC(C)=O)C1OCc1ccccc1. The fraction of sp³-hybridized carbons (Fsp3) is 0.550. The molecule has 0 N–H and O–H groups in total. The van der Waals surface area contributed by atoms with Crippen molar-refractivity contribution < 1.29 is 42.8 Å². The molecule has 0 aromatic heterocycles. The lowest BCUT2D eigenvalue weighted by Crippen LogP contribution is -2.62. The molecule has 1 heterocycles. The van der Waals surface area contributed by atoms with Gasteiger partial charge in [0.25, 0.3) is 0 Å². The second-order valence-electron chi connectivity index (χ2n) is 6.49. The predicted molar refractivity (Wildman–Crippen MR) is 98.4 cm³/mol. The smallest absolute Gasteiger partial charge is 0.303 e. The molecule has 1 fully saturated rings. The molecular weight excluding hydrogens is 384 g/mol. The molecule has 1 aromatic carbocycles. The van der Waals surface area contributed by atoms with Gasteiger partial charge in [0.1, 0.15) is 18.8 Å². The molecular formula is C20H26O9. The van der Waals surface area contributed by atoms with Gasteiger partial charge < -0.3 is 28.4 Å². The van der Waals surface area contributed by atoms with Crippen molar-refractivity contribution in [3.8, 4) is 0 Å². The van der Waals surface area contributed by atoms with Crippen LogP contribution in [-0.2, 0) is 49.4 Å². The molecule has 1 aliphatic rings. The summed E-state index contributed by atoms with van der Waals surface area (Å²) >= 11 is 0. The van der Waals surface area contributed by atoms with Crippen molar-refractivity contribution in [1.82, 2.24) is 0 Å². The van der Waals surface area contributed by atoms with E-state index in [2.05, 4.69) is 0 Å². The fourth-order valence-corrected chi connectivity index (χ4v) is 3.00. The van der Waals surface area contributed by atoms with Gasteiger partial charge in [0, 0.05) is 27.9 Å². The number of hydrogen-bond donors (Lipinski definition) is 0. The first-order valence-electron chi connectivity index (χ1n) is 9.13. The number of carbonyl (C=O) groups excluding carboxylic acids is 3. The molecule has 1 aliphatic heterocycles. The molecule has 29 heavy (non-hydrogen) atoms. The molecule has 5 unspecified atom stereocenters. The quantitative estimate of drug-likeness (QED) is 0.464. The summed E-state index contributed by atoms with van der Waals surface area (Å²) in [4.78, 5) is 34.6. The lowest BCUT2D eigenvalue weighted by molar-refractivity contribution is -0.309. The molecule has 0 bridgehead atoms. The van der Waals surface area contributed by atoms with E-state index in [-0.39, 0.29) is 13.2 Å². The van der Waals surface area contributed by atoms with Crippen LogP contribution >= 0.6 is 0 Å². The van der Waals surface area contributed by atoms with Crippen LogP contribution in [0, 0.1) is 0 Å². The number of ether oxygens (including phenoxy) is 6. The average Bonchev–Trinajstić information content (AvgIpc) is 2.67. The van der Waals surface area contributed by atoms with Gasteiger partial charge in [-0.25, -0.2) is 0 Å². The molecule has 0 amide bonds. The summed E-state index contributed by atoms with van der Waals surface area (Å²) in [6.45, 7) is 3.67. The van der Waals surface area contributed by atoms with Crippen LogP contribution in [0.4, 0.5) is 0 Å². The van der Waals surface area contributed by atoms with Crippen molar-refractivity contribution in [1.29, 1.82) is 0 Å². The molecule has 0 saturated carbocycles. The average molecular weight is 410 g/mol. The zero-order valence-corrected chi connectivity index (χ0v) is 16.9.